The third-order valence-corrected chi connectivity index (χ3v) is 5.25. The topological polar surface area (TPSA) is 57.4 Å². The van der Waals surface area contributed by atoms with Crippen LogP contribution in [0.2, 0.25) is 0 Å². The first-order chi connectivity index (χ1) is 14.8. The maximum atomic E-state index is 4.77. The number of hydrogen-bond donors (Lipinski definition) is 2. The van der Waals surface area contributed by atoms with Crippen molar-refractivity contribution in [1.82, 2.24) is 19.9 Å². The van der Waals surface area contributed by atoms with Crippen LogP contribution in [0.4, 0.5) is 0 Å². The Labute approximate surface area is 195 Å². The summed E-state index contributed by atoms with van der Waals surface area (Å²) in [4.78, 5) is 16.5. The lowest BCUT2D eigenvalue weighted by Crippen LogP contribution is -1.77. The minimum absolute atomic E-state index is 0. The van der Waals surface area contributed by atoms with E-state index in [-0.39, 0.29) is 23.1 Å². The first-order valence-electron chi connectivity index (χ1n) is 9.92. The zero-order chi connectivity index (χ0) is 19.9. The van der Waals surface area contributed by atoms with E-state index in [9.17, 15) is 0 Å². The van der Waals surface area contributed by atoms with Gasteiger partial charge in [-0.3, -0.25) is 0 Å². The molecule has 2 aliphatic rings. The van der Waals surface area contributed by atoms with E-state index in [4.69, 9.17) is 9.97 Å². The normalized spacial score (nSPS) is 12.0. The van der Waals surface area contributed by atoms with Gasteiger partial charge in [-0.1, -0.05) is 30.3 Å². The van der Waals surface area contributed by atoms with Crippen molar-refractivity contribution in [2.45, 2.75) is 0 Å². The van der Waals surface area contributed by atoms with E-state index in [0.29, 0.717) is 0 Å². The standard InChI is InChI=1S/C26H18N4.Mg.2H/c1-2-4-17(5-3-1)25-15-24-14-22-9-8-20(28-22)12-18-6-7-19(27-18)13-21-10-11-23(29-21)16-26(25)30-24;;;/h1-16,27,30H;;;. The molecular weight excluding hydrogens is 393 g/mol. The zero-order valence-corrected chi connectivity index (χ0v) is 16.1. The van der Waals surface area contributed by atoms with Gasteiger partial charge >= 0.3 is 23.1 Å². The fourth-order valence-corrected chi connectivity index (χ4v) is 3.87. The van der Waals surface area contributed by atoms with E-state index in [1.807, 2.05) is 36.4 Å². The number of fused-ring (bicyclic) bond motifs is 8. The third-order valence-electron chi connectivity index (χ3n) is 5.25. The largest absolute Gasteiger partial charge is 0.355 e. The SMILES string of the molecule is C1=Cc2cc3cc(-c4ccccc4)c(cc4nc(cc5ccc(cc1n2)[nH]5)C=C4)[nH]3.[MgH2]. The van der Waals surface area contributed by atoms with Crippen molar-refractivity contribution < 1.29 is 0 Å². The first kappa shape index (κ1) is 19.5. The van der Waals surface area contributed by atoms with Crippen molar-refractivity contribution in [3.63, 3.8) is 0 Å². The molecule has 0 radical (unpaired) electrons. The average Bonchev–Trinajstić information content (AvgIpc) is 3.53. The Morgan fingerprint density at radius 2 is 1.06 bits per heavy atom. The van der Waals surface area contributed by atoms with Crippen molar-refractivity contribution in [2.24, 2.45) is 0 Å². The molecule has 3 aromatic heterocycles. The molecule has 0 atom stereocenters. The van der Waals surface area contributed by atoms with Crippen LogP contribution in [0.3, 0.4) is 0 Å². The molecule has 0 unspecified atom stereocenters. The van der Waals surface area contributed by atoms with Crippen molar-refractivity contribution in [1.29, 1.82) is 0 Å². The Balaban J connectivity index is 0.00000204. The number of nitrogens with zero attached hydrogens (tertiary/aromatic N) is 2. The van der Waals surface area contributed by atoms with E-state index >= 15 is 0 Å². The number of benzene rings is 1. The van der Waals surface area contributed by atoms with Gasteiger partial charge in [0.25, 0.3) is 0 Å². The summed E-state index contributed by atoms with van der Waals surface area (Å²) < 4.78 is 0. The van der Waals surface area contributed by atoms with E-state index in [1.54, 1.807) is 0 Å². The van der Waals surface area contributed by atoms with Gasteiger partial charge in [0.15, 0.2) is 0 Å². The minimum atomic E-state index is 0. The second-order valence-electron chi connectivity index (χ2n) is 7.45. The molecule has 146 valence electrons. The summed E-state index contributed by atoms with van der Waals surface area (Å²) in [5, 5.41) is 0. The van der Waals surface area contributed by atoms with Gasteiger partial charge in [-0.25, -0.2) is 9.97 Å². The van der Waals surface area contributed by atoms with Crippen LogP contribution in [0.15, 0.2) is 72.8 Å². The predicted molar refractivity (Wildman–Crippen MR) is 133 cm³/mol. The van der Waals surface area contributed by atoms with Gasteiger partial charge in [0.05, 0.1) is 22.8 Å². The van der Waals surface area contributed by atoms with Gasteiger partial charge in [-0.2, -0.15) is 0 Å². The highest BCUT2D eigenvalue weighted by molar-refractivity contribution is 5.87. The summed E-state index contributed by atoms with van der Waals surface area (Å²) in [7, 11) is 0. The van der Waals surface area contributed by atoms with Crippen molar-refractivity contribution in [2.75, 3.05) is 0 Å². The van der Waals surface area contributed by atoms with Gasteiger partial charge < -0.3 is 9.97 Å². The lowest BCUT2D eigenvalue weighted by atomic mass is 10.1. The summed E-state index contributed by atoms with van der Waals surface area (Å²) in [5.74, 6) is 0. The van der Waals surface area contributed by atoms with Crippen LogP contribution in [0, 0.1) is 0 Å². The van der Waals surface area contributed by atoms with Crippen molar-refractivity contribution >= 4 is 69.4 Å². The maximum Gasteiger partial charge on any atom is 0.316 e. The molecule has 0 saturated heterocycles. The Morgan fingerprint density at radius 1 is 0.516 bits per heavy atom. The summed E-state index contributed by atoms with van der Waals surface area (Å²) in [6.07, 6.45) is 8.16. The molecule has 0 saturated carbocycles. The lowest BCUT2D eigenvalue weighted by molar-refractivity contribution is 1.31. The molecule has 5 heteroatoms. The summed E-state index contributed by atoms with van der Waals surface area (Å²) in [6, 6.07) is 25.0. The number of rotatable bonds is 1. The van der Waals surface area contributed by atoms with Gasteiger partial charge in [-0.05, 0) is 72.3 Å². The van der Waals surface area contributed by atoms with E-state index in [0.717, 1.165) is 50.4 Å². The molecule has 8 bridgehead atoms. The van der Waals surface area contributed by atoms with Crippen LogP contribution >= 0.6 is 0 Å². The first-order valence-corrected chi connectivity index (χ1v) is 9.92. The highest BCUT2D eigenvalue weighted by atomic mass is 24.3. The minimum Gasteiger partial charge on any atom is -0.355 e. The molecule has 0 spiro atoms. The molecule has 1 aromatic carbocycles. The van der Waals surface area contributed by atoms with E-state index < -0.39 is 0 Å². The highest BCUT2D eigenvalue weighted by Crippen LogP contribution is 2.27. The Hall–Kier alpha value is -3.41. The zero-order valence-electron chi connectivity index (χ0n) is 16.1. The lowest BCUT2D eigenvalue weighted by Gasteiger charge is -1.97. The fraction of sp³-hybridized carbons (Fsp3) is 0. The second kappa shape index (κ2) is 8.02. The summed E-state index contributed by atoms with van der Waals surface area (Å²) in [6.45, 7) is 0. The number of aromatic nitrogens is 4. The van der Waals surface area contributed by atoms with Crippen LogP contribution in [-0.2, 0) is 0 Å². The van der Waals surface area contributed by atoms with Crippen LogP contribution in [0.1, 0.15) is 22.8 Å². The average molecular weight is 413 g/mol. The van der Waals surface area contributed by atoms with Gasteiger partial charge in [-0.15, -0.1) is 0 Å². The van der Waals surface area contributed by atoms with Gasteiger partial charge in [0.1, 0.15) is 0 Å². The number of nitrogens with one attached hydrogen (secondary N) is 2. The van der Waals surface area contributed by atoms with Gasteiger partial charge in [0, 0.05) is 27.6 Å². The van der Waals surface area contributed by atoms with E-state index in [2.05, 4.69) is 70.6 Å². The molecule has 2 N–H and O–H groups in total. The molecule has 0 amide bonds. The Bertz CT molecular complexity index is 1490. The van der Waals surface area contributed by atoms with Crippen molar-refractivity contribution in [3.8, 4) is 11.1 Å². The monoisotopic (exact) mass is 412 g/mol. The molecule has 31 heavy (non-hydrogen) atoms. The number of aromatic amines is 2. The molecule has 2 aliphatic heterocycles. The number of hydrogen-bond acceptors (Lipinski definition) is 2. The second-order valence-corrected chi connectivity index (χ2v) is 7.45. The predicted octanol–water partition coefficient (Wildman–Crippen LogP) is 5.41. The maximum absolute atomic E-state index is 4.77. The van der Waals surface area contributed by atoms with Crippen LogP contribution in [0.25, 0.3) is 57.5 Å². The third kappa shape index (κ3) is 3.97. The smallest absolute Gasteiger partial charge is 0.316 e. The fourth-order valence-electron chi connectivity index (χ4n) is 3.87. The number of H-pyrrole nitrogens is 2. The highest BCUT2D eigenvalue weighted by Gasteiger charge is 2.06. The summed E-state index contributed by atoms with van der Waals surface area (Å²) in [5.41, 5.74) is 10.1. The molecule has 0 aliphatic carbocycles. The molecular formula is C26H20MgN4. The van der Waals surface area contributed by atoms with Crippen molar-refractivity contribution in [3.05, 3.63) is 95.6 Å². The Kier molecular flexibility index (Phi) is 5.06. The molecule has 6 rings (SSSR count). The van der Waals surface area contributed by atoms with Crippen LogP contribution in [0.5, 0.6) is 0 Å². The van der Waals surface area contributed by atoms with Crippen LogP contribution < -0.4 is 0 Å². The van der Waals surface area contributed by atoms with E-state index in [1.165, 1.54) is 5.56 Å². The Morgan fingerprint density at radius 3 is 1.68 bits per heavy atom. The molecule has 0 fully saturated rings. The molecule has 4 nitrogen and oxygen atoms in total. The molecule has 5 heterocycles. The summed E-state index contributed by atoms with van der Waals surface area (Å²) >= 11 is 0. The van der Waals surface area contributed by atoms with Gasteiger partial charge in [0.2, 0.25) is 0 Å². The van der Waals surface area contributed by atoms with Crippen LogP contribution in [-0.4, -0.2) is 43.0 Å². The molecule has 4 aromatic rings. The quantitative estimate of drug-likeness (QED) is 0.355.